The van der Waals surface area contributed by atoms with E-state index in [-0.39, 0.29) is 63.7 Å². The van der Waals surface area contributed by atoms with E-state index in [1.807, 2.05) is 27.7 Å². The predicted molar refractivity (Wildman–Crippen MR) is 161 cm³/mol. The Morgan fingerprint density at radius 1 is 0.738 bits per heavy atom. The van der Waals surface area contributed by atoms with E-state index in [1.165, 1.54) is 6.07 Å². The van der Waals surface area contributed by atoms with Crippen LogP contribution in [0, 0.1) is 13.8 Å². The molecule has 0 aromatic heterocycles. The third-order valence-corrected chi connectivity index (χ3v) is 7.66. The minimum absolute atomic E-state index is 0.00616. The number of ether oxygens (including phenoxy) is 2. The quantitative estimate of drug-likeness (QED) is 0.102. The van der Waals surface area contributed by atoms with Crippen LogP contribution in [-0.2, 0) is 16.1 Å². The van der Waals surface area contributed by atoms with Crippen molar-refractivity contribution in [1.82, 2.24) is 0 Å². The molecule has 42 heavy (non-hydrogen) atoms. The molecule has 9 heteroatoms. The van der Waals surface area contributed by atoms with Gasteiger partial charge in [0.1, 0.15) is 11.5 Å². The van der Waals surface area contributed by atoms with E-state index < -0.39 is 24.9 Å². The minimum atomic E-state index is -0.648. The molecule has 224 valence electrons. The molecule has 0 radical (unpaired) electrons. The van der Waals surface area contributed by atoms with Gasteiger partial charge in [-0.1, -0.05) is 39.8 Å². The number of hydrogen-bond donors (Lipinski definition) is 6. The molecule has 0 bridgehead atoms. The molecule has 4 rings (SSSR count). The maximum atomic E-state index is 11.9. The normalized spacial score (nSPS) is 11.7. The summed E-state index contributed by atoms with van der Waals surface area (Å²) in [5.41, 5.74) is 2.66. The fourth-order valence-electron chi connectivity index (χ4n) is 5.88. The lowest BCUT2D eigenvalue weighted by Crippen LogP contribution is -2.14. The summed E-state index contributed by atoms with van der Waals surface area (Å²) in [6.45, 7) is 11.7. The highest BCUT2D eigenvalue weighted by Crippen LogP contribution is 2.53. The summed E-state index contributed by atoms with van der Waals surface area (Å²) in [4.78, 5) is 11.9. The van der Waals surface area contributed by atoms with Gasteiger partial charge in [0, 0.05) is 38.6 Å². The molecule has 0 amide bonds. The summed E-state index contributed by atoms with van der Waals surface area (Å²) in [7, 11) is 0. The largest absolute Gasteiger partial charge is 0.507 e. The smallest absolute Gasteiger partial charge is 0.344 e. The van der Waals surface area contributed by atoms with Gasteiger partial charge in [-0.2, -0.15) is 0 Å². The van der Waals surface area contributed by atoms with Crippen LogP contribution in [-0.4, -0.2) is 49.8 Å². The van der Waals surface area contributed by atoms with Crippen LogP contribution in [0.4, 0.5) is 0 Å². The summed E-state index contributed by atoms with van der Waals surface area (Å²) in [5.74, 6) is -2.50. The monoisotopic (exact) mass is 578 g/mol. The van der Waals surface area contributed by atoms with Gasteiger partial charge in [0.05, 0.1) is 13.2 Å². The van der Waals surface area contributed by atoms with Crippen LogP contribution in [0.1, 0.15) is 74.3 Å². The maximum Gasteiger partial charge on any atom is 0.344 e. The van der Waals surface area contributed by atoms with Gasteiger partial charge < -0.3 is 40.1 Å². The number of phenolic OH excluding ortho intramolecular Hbond substituents is 4. The number of aryl methyl sites for hydroxylation is 2. The maximum absolute atomic E-state index is 11.9. The number of rotatable bonds is 8. The van der Waals surface area contributed by atoms with Crippen molar-refractivity contribution in [2.24, 2.45) is 0 Å². The molecule has 0 saturated heterocycles. The first kappa shape index (κ1) is 30.6. The van der Waals surface area contributed by atoms with Crippen LogP contribution in [0.5, 0.6) is 34.5 Å². The van der Waals surface area contributed by atoms with E-state index in [4.69, 9.17) is 9.47 Å². The Bertz CT molecular complexity index is 1720. The highest BCUT2D eigenvalue weighted by molar-refractivity contribution is 6.07. The first-order valence-corrected chi connectivity index (χ1v) is 13.9. The van der Waals surface area contributed by atoms with E-state index in [0.29, 0.717) is 44.0 Å². The van der Waals surface area contributed by atoms with Crippen molar-refractivity contribution in [3.63, 3.8) is 0 Å². The molecular weight excluding hydrogens is 540 g/mol. The number of aliphatic hydroxyl groups is 1. The van der Waals surface area contributed by atoms with Gasteiger partial charge in [-0.3, -0.25) is 0 Å². The fourth-order valence-corrected chi connectivity index (χ4v) is 5.88. The molecule has 0 atom stereocenters. The fraction of sp³-hybridized carbons (Fsp3) is 0.364. The molecule has 0 fully saturated rings. The predicted octanol–water partition coefficient (Wildman–Crippen LogP) is 6.49. The number of aromatic hydroxyl groups is 5. The highest BCUT2D eigenvalue weighted by atomic mass is 16.6. The van der Waals surface area contributed by atoms with Crippen molar-refractivity contribution < 1.29 is 44.9 Å². The average molecular weight is 579 g/mol. The standard InChI is InChI=1S/C33H38O9/c1-8-41-23(35)13-42-22-11-19-18(24(14(2)3)31(22)38)9-16(6)26(29(19)36)27-17(7)10-20-25(15(4)5)33(40)30(37)21(12-34)28(20)32(27)39/h9-11,14-15,34,36-40H,8,12-13H2,1-7H3. The molecule has 4 aromatic carbocycles. The van der Waals surface area contributed by atoms with E-state index in [2.05, 4.69) is 0 Å². The second-order valence-corrected chi connectivity index (χ2v) is 11.1. The first-order valence-electron chi connectivity index (χ1n) is 13.9. The average Bonchev–Trinajstić information content (AvgIpc) is 2.90. The number of phenols is 5. The lowest BCUT2D eigenvalue weighted by molar-refractivity contribution is -0.145. The third kappa shape index (κ3) is 4.87. The number of fused-ring (bicyclic) bond motifs is 2. The van der Waals surface area contributed by atoms with Crippen LogP contribution < -0.4 is 4.74 Å². The van der Waals surface area contributed by atoms with Gasteiger partial charge in [-0.05, 0) is 60.6 Å². The number of aliphatic hydroxyl groups excluding tert-OH is 1. The Balaban J connectivity index is 2.09. The van der Waals surface area contributed by atoms with Gasteiger partial charge in [0.25, 0.3) is 0 Å². The molecule has 0 aliphatic rings. The first-order chi connectivity index (χ1) is 19.8. The molecule has 0 unspecified atom stereocenters. The second kappa shape index (κ2) is 11.5. The highest BCUT2D eigenvalue weighted by Gasteiger charge is 2.28. The van der Waals surface area contributed by atoms with Gasteiger partial charge in [0.15, 0.2) is 29.6 Å². The summed E-state index contributed by atoms with van der Waals surface area (Å²) in [6.07, 6.45) is 0. The van der Waals surface area contributed by atoms with Crippen LogP contribution in [0.15, 0.2) is 18.2 Å². The molecule has 0 heterocycles. The Hall–Kier alpha value is -4.37. The van der Waals surface area contributed by atoms with E-state index >= 15 is 0 Å². The van der Waals surface area contributed by atoms with E-state index in [9.17, 15) is 35.4 Å². The summed E-state index contributed by atoms with van der Waals surface area (Å²) in [5, 5.41) is 67.8. The van der Waals surface area contributed by atoms with E-state index in [1.54, 1.807) is 32.9 Å². The van der Waals surface area contributed by atoms with Gasteiger partial charge in [0.2, 0.25) is 0 Å². The Labute approximate surface area is 244 Å². The zero-order chi connectivity index (χ0) is 31.2. The lowest BCUT2D eigenvalue weighted by atomic mass is 9.84. The molecule has 0 aliphatic carbocycles. The zero-order valence-electron chi connectivity index (χ0n) is 24.9. The number of carbonyl (C=O) groups is 1. The minimum Gasteiger partial charge on any atom is -0.507 e. The van der Waals surface area contributed by atoms with E-state index in [0.717, 1.165) is 0 Å². The Morgan fingerprint density at radius 2 is 1.29 bits per heavy atom. The molecule has 0 aliphatic heterocycles. The van der Waals surface area contributed by atoms with Gasteiger partial charge in [-0.25, -0.2) is 4.79 Å². The van der Waals surface area contributed by atoms with Crippen LogP contribution in [0.3, 0.4) is 0 Å². The number of benzene rings is 4. The lowest BCUT2D eigenvalue weighted by Gasteiger charge is -2.23. The molecule has 4 aromatic rings. The molecule has 9 nitrogen and oxygen atoms in total. The zero-order valence-corrected chi connectivity index (χ0v) is 24.9. The second-order valence-electron chi connectivity index (χ2n) is 11.1. The number of carbonyl (C=O) groups excluding carboxylic acids is 1. The van der Waals surface area contributed by atoms with Crippen LogP contribution >= 0.6 is 0 Å². The third-order valence-electron chi connectivity index (χ3n) is 7.66. The molecule has 6 N–H and O–H groups in total. The molecular formula is C33H38O9. The Morgan fingerprint density at radius 3 is 1.83 bits per heavy atom. The molecule has 0 saturated carbocycles. The summed E-state index contributed by atoms with van der Waals surface area (Å²) >= 11 is 0. The molecule has 0 spiro atoms. The Kier molecular flexibility index (Phi) is 8.36. The van der Waals surface area contributed by atoms with Gasteiger partial charge >= 0.3 is 5.97 Å². The summed E-state index contributed by atoms with van der Waals surface area (Å²) in [6, 6.07) is 5.01. The van der Waals surface area contributed by atoms with Crippen molar-refractivity contribution >= 4 is 27.5 Å². The number of hydrogen-bond acceptors (Lipinski definition) is 9. The van der Waals surface area contributed by atoms with Crippen molar-refractivity contribution in [3.8, 4) is 45.6 Å². The van der Waals surface area contributed by atoms with Crippen molar-refractivity contribution in [1.29, 1.82) is 0 Å². The van der Waals surface area contributed by atoms with Crippen LogP contribution in [0.2, 0.25) is 0 Å². The summed E-state index contributed by atoms with van der Waals surface area (Å²) < 4.78 is 10.5. The van der Waals surface area contributed by atoms with Crippen molar-refractivity contribution in [2.45, 2.75) is 66.9 Å². The van der Waals surface area contributed by atoms with Crippen molar-refractivity contribution in [2.75, 3.05) is 13.2 Å². The van der Waals surface area contributed by atoms with Crippen LogP contribution in [0.25, 0.3) is 32.7 Å². The van der Waals surface area contributed by atoms with Crippen molar-refractivity contribution in [3.05, 3.63) is 46.0 Å². The van der Waals surface area contributed by atoms with Gasteiger partial charge in [-0.15, -0.1) is 0 Å². The topological polar surface area (TPSA) is 157 Å². The SMILES string of the molecule is CCOC(=O)COc1cc2c(O)c(-c3c(C)cc4c(C(C)C)c(O)c(O)c(CO)c4c3O)c(C)cc2c(C(C)C)c1O. The number of esters is 1.